The quantitative estimate of drug-likeness (QED) is 0.774. The maximum Gasteiger partial charge on any atom is 0.0223 e. The minimum Gasteiger partial charge on any atom is -0.315 e. The summed E-state index contributed by atoms with van der Waals surface area (Å²) in [5, 5.41) is 3.58. The van der Waals surface area contributed by atoms with Gasteiger partial charge in [-0.2, -0.15) is 0 Å². The van der Waals surface area contributed by atoms with Gasteiger partial charge in [0.15, 0.2) is 0 Å². The third-order valence-electron chi connectivity index (χ3n) is 5.12. The molecule has 2 rings (SSSR count). The van der Waals surface area contributed by atoms with E-state index >= 15 is 0 Å². The summed E-state index contributed by atoms with van der Waals surface area (Å²) in [4.78, 5) is 2.81. The summed E-state index contributed by atoms with van der Waals surface area (Å²) in [7, 11) is 0. The lowest BCUT2D eigenvalue weighted by atomic mass is 9.85. The van der Waals surface area contributed by atoms with E-state index in [2.05, 4.69) is 31.0 Å². The number of nitrogens with zero attached hydrogens (tertiary/aromatic N) is 1. The maximum atomic E-state index is 3.58. The van der Waals surface area contributed by atoms with Crippen molar-refractivity contribution < 1.29 is 0 Å². The first-order valence-electron chi connectivity index (χ1n) is 8.09. The van der Waals surface area contributed by atoms with Gasteiger partial charge in [-0.1, -0.05) is 27.2 Å². The number of piperidine rings is 1. The number of likely N-dealkylation sites (N-methyl/N-ethyl adjacent to an activating group) is 1. The second kappa shape index (κ2) is 6.38. The van der Waals surface area contributed by atoms with Crippen molar-refractivity contribution in [1.82, 2.24) is 10.2 Å². The van der Waals surface area contributed by atoms with Crippen LogP contribution in [0.5, 0.6) is 0 Å². The van der Waals surface area contributed by atoms with Crippen LogP contribution in [0.1, 0.15) is 65.7 Å². The molecule has 2 heteroatoms. The Bertz CT molecular complexity index is 243. The third-order valence-corrected chi connectivity index (χ3v) is 5.12. The highest BCUT2D eigenvalue weighted by atomic mass is 15.2. The largest absolute Gasteiger partial charge is 0.315 e. The van der Waals surface area contributed by atoms with Crippen molar-refractivity contribution in [2.24, 2.45) is 5.41 Å². The maximum absolute atomic E-state index is 3.58. The highest BCUT2D eigenvalue weighted by Gasteiger charge is 2.30. The van der Waals surface area contributed by atoms with Gasteiger partial charge < -0.3 is 5.32 Å². The molecule has 0 spiro atoms. The Morgan fingerprint density at radius 1 is 1.06 bits per heavy atom. The van der Waals surface area contributed by atoms with E-state index in [1.807, 2.05) is 0 Å². The summed E-state index contributed by atoms with van der Waals surface area (Å²) >= 11 is 0. The molecule has 0 amide bonds. The summed E-state index contributed by atoms with van der Waals surface area (Å²) in [6.45, 7) is 10.9. The van der Waals surface area contributed by atoms with E-state index < -0.39 is 0 Å². The molecule has 2 aliphatic rings. The zero-order valence-electron chi connectivity index (χ0n) is 12.7. The van der Waals surface area contributed by atoms with Crippen molar-refractivity contribution in [3.05, 3.63) is 0 Å². The molecule has 0 bridgehead atoms. The second-order valence-corrected chi connectivity index (χ2v) is 7.08. The van der Waals surface area contributed by atoms with E-state index in [1.165, 1.54) is 64.6 Å². The highest BCUT2D eigenvalue weighted by molar-refractivity contribution is 4.86. The monoisotopic (exact) mass is 252 g/mol. The van der Waals surface area contributed by atoms with Crippen molar-refractivity contribution in [3.8, 4) is 0 Å². The zero-order chi connectivity index (χ0) is 13.0. The molecule has 2 unspecified atom stereocenters. The molecule has 1 saturated heterocycles. The lowest BCUT2D eigenvalue weighted by Crippen LogP contribution is -2.50. The topological polar surface area (TPSA) is 15.3 Å². The van der Waals surface area contributed by atoms with Gasteiger partial charge in [0.25, 0.3) is 0 Å². The predicted octanol–water partition coefficient (Wildman–Crippen LogP) is 3.42. The predicted molar refractivity (Wildman–Crippen MR) is 78.9 cm³/mol. The Morgan fingerprint density at radius 2 is 1.83 bits per heavy atom. The average Bonchev–Trinajstić information content (AvgIpc) is 2.54. The summed E-state index contributed by atoms with van der Waals surface area (Å²) < 4.78 is 0. The smallest absolute Gasteiger partial charge is 0.0223 e. The number of hydrogen-bond donors (Lipinski definition) is 1. The molecule has 0 radical (unpaired) electrons. The van der Waals surface area contributed by atoms with Gasteiger partial charge in [0, 0.05) is 18.6 Å². The van der Waals surface area contributed by atoms with Crippen molar-refractivity contribution in [2.75, 3.05) is 19.6 Å². The second-order valence-electron chi connectivity index (χ2n) is 7.08. The summed E-state index contributed by atoms with van der Waals surface area (Å²) in [6.07, 6.45) is 9.86. The van der Waals surface area contributed by atoms with Crippen molar-refractivity contribution >= 4 is 0 Å². The normalized spacial score (nSPS) is 33.3. The van der Waals surface area contributed by atoms with Crippen LogP contribution >= 0.6 is 0 Å². The molecule has 1 aliphatic carbocycles. The van der Waals surface area contributed by atoms with E-state index in [9.17, 15) is 0 Å². The average molecular weight is 252 g/mol. The zero-order valence-corrected chi connectivity index (χ0v) is 12.7. The van der Waals surface area contributed by atoms with E-state index in [-0.39, 0.29) is 0 Å². The fourth-order valence-corrected chi connectivity index (χ4v) is 3.91. The van der Waals surface area contributed by atoms with E-state index in [0.29, 0.717) is 5.41 Å². The van der Waals surface area contributed by atoms with E-state index in [1.54, 1.807) is 0 Å². The Hall–Kier alpha value is -0.0800. The van der Waals surface area contributed by atoms with Gasteiger partial charge in [0.05, 0.1) is 0 Å². The Morgan fingerprint density at radius 3 is 2.50 bits per heavy atom. The molecule has 1 N–H and O–H groups in total. The molecule has 106 valence electrons. The molecule has 2 atom stereocenters. The summed E-state index contributed by atoms with van der Waals surface area (Å²) in [6, 6.07) is 1.65. The van der Waals surface area contributed by atoms with Crippen LogP contribution in [-0.2, 0) is 0 Å². The number of nitrogens with one attached hydrogen (secondary N) is 1. The Balaban J connectivity index is 1.94. The van der Waals surface area contributed by atoms with Crippen LogP contribution in [0.2, 0.25) is 0 Å². The Labute approximate surface area is 114 Å². The minimum absolute atomic E-state index is 0.582. The van der Waals surface area contributed by atoms with E-state index in [4.69, 9.17) is 0 Å². The van der Waals surface area contributed by atoms with E-state index in [0.717, 1.165) is 12.1 Å². The molecule has 1 saturated carbocycles. The molecular weight excluding hydrogens is 220 g/mol. The fraction of sp³-hybridized carbons (Fsp3) is 1.00. The van der Waals surface area contributed by atoms with Crippen LogP contribution in [-0.4, -0.2) is 36.6 Å². The molecule has 0 aromatic heterocycles. The SMILES string of the molecule is CCN(C1CCCC(C)(C)CC1)C1CCCNC1. The lowest BCUT2D eigenvalue weighted by Gasteiger charge is -2.39. The van der Waals surface area contributed by atoms with Gasteiger partial charge in [0.1, 0.15) is 0 Å². The molecule has 2 nitrogen and oxygen atoms in total. The summed E-state index contributed by atoms with van der Waals surface area (Å²) in [5.74, 6) is 0. The standard InChI is InChI=1S/C16H32N2/c1-4-18(15-8-6-12-17-13-15)14-7-5-10-16(2,3)11-9-14/h14-15,17H,4-13H2,1-3H3. The van der Waals surface area contributed by atoms with Crippen LogP contribution in [0.3, 0.4) is 0 Å². The van der Waals surface area contributed by atoms with Gasteiger partial charge >= 0.3 is 0 Å². The molecule has 2 fully saturated rings. The highest BCUT2D eigenvalue weighted by Crippen LogP contribution is 2.36. The van der Waals surface area contributed by atoms with Crippen LogP contribution in [0.25, 0.3) is 0 Å². The van der Waals surface area contributed by atoms with Crippen molar-refractivity contribution in [2.45, 2.75) is 77.8 Å². The van der Waals surface area contributed by atoms with Crippen LogP contribution in [0.4, 0.5) is 0 Å². The van der Waals surface area contributed by atoms with Crippen LogP contribution in [0.15, 0.2) is 0 Å². The van der Waals surface area contributed by atoms with Crippen molar-refractivity contribution in [3.63, 3.8) is 0 Å². The van der Waals surface area contributed by atoms with Gasteiger partial charge in [-0.05, 0) is 57.0 Å². The van der Waals surface area contributed by atoms with Crippen molar-refractivity contribution in [1.29, 1.82) is 0 Å². The molecule has 18 heavy (non-hydrogen) atoms. The molecule has 1 heterocycles. The van der Waals surface area contributed by atoms with Gasteiger partial charge in [-0.15, -0.1) is 0 Å². The van der Waals surface area contributed by atoms with Gasteiger partial charge in [-0.25, -0.2) is 0 Å². The molecule has 0 aromatic carbocycles. The first kappa shape index (κ1) is 14.3. The third kappa shape index (κ3) is 3.71. The van der Waals surface area contributed by atoms with Crippen LogP contribution < -0.4 is 5.32 Å². The Kier molecular flexibility index (Phi) is 5.08. The minimum atomic E-state index is 0.582. The van der Waals surface area contributed by atoms with Crippen LogP contribution in [0, 0.1) is 5.41 Å². The first-order valence-corrected chi connectivity index (χ1v) is 8.09. The van der Waals surface area contributed by atoms with Gasteiger partial charge in [-0.3, -0.25) is 4.90 Å². The molecule has 1 aliphatic heterocycles. The number of rotatable bonds is 3. The van der Waals surface area contributed by atoms with Gasteiger partial charge in [0.2, 0.25) is 0 Å². The molecular formula is C16H32N2. The first-order chi connectivity index (χ1) is 8.62. The summed E-state index contributed by atoms with van der Waals surface area (Å²) in [5.41, 5.74) is 0.582. The fourth-order valence-electron chi connectivity index (χ4n) is 3.91. The number of hydrogen-bond acceptors (Lipinski definition) is 2. The lowest BCUT2D eigenvalue weighted by molar-refractivity contribution is 0.106. The molecule has 0 aromatic rings.